The summed E-state index contributed by atoms with van der Waals surface area (Å²) in [5, 5.41) is 6.97. The van der Waals surface area contributed by atoms with E-state index < -0.39 is 5.97 Å². The normalized spacial score (nSPS) is 10.2. The average molecular weight is 261 g/mol. The number of esters is 1. The molecule has 2 aromatic rings. The first-order valence-corrected chi connectivity index (χ1v) is 5.74. The maximum absolute atomic E-state index is 11.4. The molecule has 6 nitrogen and oxygen atoms in total. The molecule has 0 atom stereocenters. The van der Waals surface area contributed by atoms with Crippen LogP contribution >= 0.6 is 0 Å². The fourth-order valence-corrected chi connectivity index (χ4v) is 1.64. The lowest BCUT2D eigenvalue weighted by Gasteiger charge is -2.09. The summed E-state index contributed by atoms with van der Waals surface area (Å²) in [4.78, 5) is 11.4. The van der Waals surface area contributed by atoms with Crippen molar-refractivity contribution in [2.75, 3.05) is 18.2 Å². The third kappa shape index (κ3) is 3.04. The fraction of sp³-hybridized carbons (Fsp3) is 0.231. The summed E-state index contributed by atoms with van der Waals surface area (Å²) in [7, 11) is 1.34. The van der Waals surface area contributed by atoms with Crippen LogP contribution in [0.25, 0.3) is 0 Å². The van der Waals surface area contributed by atoms with Gasteiger partial charge in [-0.05, 0) is 25.1 Å². The van der Waals surface area contributed by atoms with Crippen LogP contribution < -0.4 is 11.1 Å². The topological polar surface area (TPSA) is 90.4 Å². The third-order valence-corrected chi connectivity index (χ3v) is 2.61. The summed E-state index contributed by atoms with van der Waals surface area (Å²) in [5.74, 6) is 0.341. The highest BCUT2D eigenvalue weighted by molar-refractivity contribution is 5.91. The van der Waals surface area contributed by atoms with Crippen molar-refractivity contribution in [1.82, 2.24) is 5.16 Å². The van der Waals surface area contributed by atoms with Gasteiger partial charge in [0.25, 0.3) is 0 Å². The number of nitrogens with two attached hydrogens (primary N) is 1. The highest BCUT2D eigenvalue weighted by Crippen LogP contribution is 2.21. The zero-order chi connectivity index (χ0) is 13.8. The molecule has 0 amide bonds. The van der Waals surface area contributed by atoms with E-state index in [2.05, 4.69) is 15.2 Å². The van der Waals surface area contributed by atoms with Crippen LogP contribution in [0.4, 0.5) is 11.4 Å². The molecular weight excluding hydrogens is 246 g/mol. The van der Waals surface area contributed by atoms with E-state index in [-0.39, 0.29) is 0 Å². The summed E-state index contributed by atoms with van der Waals surface area (Å²) >= 11 is 0. The zero-order valence-electron chi connectivity index (χ0n) is 10.8. The Kier molecular flexibility index (Phi) is 3.70. The van der Waals surface area contributed by atoms with Crippen LogP contribution in [-0.2, 0) is 11.3 Å². The van der Waals surface area contributed by atoms with Gasteiger partial charge in [-0.3, -0.25) is 0 Å². The molecule has 0 spiro atoms. The smallest absolute Gasteiger partial charge is 0.337 e. The Bertz CT molecular complexity index is 593. The van der Waals surface area contributed by atoms with E-state index in [0.29, 0.717) is 23.5 Å². The van der Waals surface area contributed by atoms with E-state index in [0.717, 1.165) is 11.5 Å². The molecule has 2 rings (SSSR count). The van der Waals surface area contributed by atoms with Gasteiger partial charge in [0.05, 0.1) is 30.6 Å². The van der Waals surface area contributed by atoms with E-state index in [1.165, 1.54) is 7.11 Å². The molecule has 0 aliphatic carbocycles. The van der Waals surface area contributed by atoms with Crippen LogP contribution in [0.2, 0.25) is 0 Å². The van der Waals surface area contributed by atoms with Gasteiger partial charge in [0.15, 0.2) is 0 Å². The number of nitrogen functional groups attached to an aromatic ring is 1. The van der Waals surface area contributed by atoms with Crippen molar-refractivity contribution in [2.24, 2.45) is 0 Å². The van der Waals surface area contributed by atoms with Gasteiger partial charge < -0.3 is 20.3 Å². The first-order chi connectivity index (χ1) is 9.10. The van der Waals surface area contributed by atoms with Crippen molar-refractivity contribution in [3.05, 3.63) is 41.3 Å². The van der Waals surface area contributed by atoms with Crippen molar-refractivity contribution in [2.45, 2.75) is 13.5 Å². The number of rotatable bonds is 4. The number of aromatic nitrogens is 1. The second kappa shape index (κ2) is 5.43. The van der Waals surface area contributed by atoms with Gasteiger partial charge in [-0.1, -0.05) is 5.16 Å². The quantitative estimate of drug-likeness (QED) is 0.646. The van der Waals surface area contributed by atoms with Crippen LogP contribution in [0.15, 0.2) is 28.8 Å². The number of aryl methyl sites for hydroxylation is 1. The van der Waals surface area contributed by atoms with E-state index in [9.17, 15) is 4.79 Å². The van der Waals surface area contributed by atoms with Crippen LogP contribution in [-0.4, -0.2) is 18.2 Å². The number of nitrogens with one attached hydrogen (secondary N) is 1. The molecule has 0 aliphatic rings. The molecule has 0 aliphatic heterocycles. The van der Waals surface area contributed by atoms with Crippen molar-refractivity contribution < 1.29 is 14.1 Å². The second-order valence-electron chi connectivity index (χ2n) is 4.08. The molecule has 1 aromatic heterocycles. The van der Waals surface area contributed by atoms with Gasteiger partial charge in [-0.25, -0.2) is 4.79 Å². The van der Waals surface area contributed by atoms with Gasteiger partial charge >= 0.3 is 5.97 Å². The van der Waals surface area contributed by atoms with E-state index in [1.807, 2.05) is 13.0 Å². The second-order valence-corrected chi connectivity index (χ2v) is 4.08. The molecule has 0 radical (unpaired) electrons. The molecule has 0 bridgehead atoms. The minimum absolute atomic E-state index is 0.402. The number of nitrogens with zero attached hydrogens (tertiary/aromatic N) is 1. The lowest BCUT2D eigenvalue weighted by atomic mass is 10.1. The molecule has 0 saturated heterocycles. The third-order valence-electron chi connectivity index (χ3n) is 2.61. The van der Waals surface area contributed by atoms with Crippen molar-refractivity contribution in [1.29, 1.82) is 0 Å². The van der Waals surface area contributed by atoms with E-state index >= 15 is 0 Å². The number of anilines is 2. The maximum Gasteiger partial charge on any atom is 0.337 e. The molecule has 0 unspecified atom stereocenters. The summed E-state index contributed by atoms with van der Waals surface area (Å²) < 4.78 is 9.63. The number of carbonyl (C=O) groups is 1. The number of ether oxygens (including phenoxy) is 1. The Labute approximate surface area is 110 Å². The van der Waals surface area contributed by atoms with Gasteiger partial charge in [0, 0.05) is 6.07 Å². The monoisotopic (exact) mass is 261 g/mol. The predicted molar refractivity (Wildman–Crippen MR) is 70.8 cm³/mol. The molecule has 0 saturated carbocycles. The van der Waals surface area contributed by atoms with E-state index in [4.69, 9.17) is 10.3 Å². The van der Waals surface area contributed by atoms with Crippen molar-refractivity contribution in [3.8, 4) is 0 Å². The predicted octanol–water partition coefficient (Wildman–Crippen LogP) is 1.96. The fourth-order valence-electron chi connectivity index (χ4n) is 1.64. The van der Waals surface area contributed by atoms with Crippen LogP contribution in [0.3, 0.4) is 0 Å². The van der Waals surface area contributed by atoms with Crippen LogP contribution in [0, 0.1) is 6.92 Å². The first-order valence-electron chi connectivity index (χ1n) is 5.74. The summed E-state index contributed by atoms with van der Waals surface area (Å²) in [6.45, 7) is 2.29. The lowest BCUT2D eigenvalue weighted by Crippen LogP contribution is -2.06. The molecule has 19 heavy (non-hydrogen) atoms. The highest BCUT2D eigenvalue weighted by atomic mass is 16.5. The minimum Gasteiger partial charge on any atom is -0.465 e. The van der Waals surface area contributed by atoms with Crippen LogP contribution in [0.5, 0.6) is 0 Å². The van der Waals surface area contributed by atoms with Crippen LogP contribution in [0.1, 0.15) is 21.8 Å². The summed E-state index contributed by atoms with van der Waals surface area (Å²) in [6, 6.07) is 6.75. The average Bonchev–Trinajstić information content (AvgIpc) is 2.82. The summed E-state index contributed by atoms with van der Waals surface area (Å²) in [6.07, 6.45) is 0. The van der Waals surface area contributed by atoms with Gasteiger partial charge in [0.2, 0.25) is 0 Å². The van der Waals surface area contributed by atoms with Gasteiger partial charge in [-0.15, -0.1) is 0 Å². The van der Waals surface area contributed by atoms with Gasteiger partial charge in [-0.2, -0.15) is 0 Å². The lowest BCUT2D eigenvalue weighted by molar-refractivity contribution is 0.0601. The van der Waals surface area contributed by atoms with Gasteiger partial charge in [0.1, 0.15) is 11.5 Å². The molecule has 0 fully saturated rings. The van der Waals surface area contributed by atoms with Crippen molar-refractivity contribution >= 4 is 17.3 Å². The molecular formula is C13H15N3O3. The van der Waals surface area contributed by atoms with Crippen molar-refractivity contribution in [3.63, 3.8) is 0 Å². The Balaban J connectivity index is 2.12. The standard InChI is InChI=1S/C13H15N3O3/c1-8-5-10(16-19-8)7-15-12-6-9(13(17)18-2)3-4-11(12)14/h3-6,15H,7,14H2,1-2H3. The molecule has 1 heterocycles. The van der Waals surface area contributed by atoms with E-state index in [1.54, 1.807) is 18.2 Å². The minimum atomic E-state index is -0.402. The SMILES string of the molecule is COC(=O)c1ccc(N)c(NCc2cc(C)on2)c1. The zero-order valence-corrected chi connectivity index (χ0v) is 10.8. The molecule has 100 valence electrons. The highest BCUT2D eigenvalue weighted by Gasteiger charge is 2.09. The number of carbonyl (C=O) groups excluding carboxylic acids is 1. The first kappa shape index (κ1) is 12.9. The Hall–Kier alpha value is -2.50. The number of hydrogen-bond acceptors (Lipinski definition) is 6. The maximum atomic E-state index is 11.4. The number of hydrogen-bond donors (Lipinski definition) is 2. The Morgan fingerprint density at radius 3 is 2.89 bits per heavy atom. The summed E-state index contributed by atoms with van der Waals surface area (Å²) in [5.41, 5.74) is 8.25. The molecule has 1 aromatic carbocycles. The Morgan fingerprint density at radius 1 is 1.47 bits per heavy atom. The molecule has 6 heteroatoms. The largest absolute Gasteiger partial charge is 0.465 e. The number of benzene rings is 1. The Morgan fingerprint density at radius 2 is 2.26 bits per heavy atom. The molecule has 3 N–H and O–H groups in total. The number of methoxy groups -OCH3 is 1.